The number of nitrogens with one attached hydrogen (secondary N) is 1. The Kier molecular flexibility index (Phi) is 1.28. The Morgan fingerprint density at radius 2 is 2.36 bits per heavy atom. The van der Waals surface area contributed by atoms with Gasteiger partial charge in [0, 0.05) is 0 Å². The Balaban J connectivity index is 2.67. The molecule has 0 radical (unpaired) electrons. The minimum Gasteiger partial charge on any atom is -0.208 e. The van der Waals surface area contributed by atoms with Crippen LogP contribution in [0.15, 0.2) is 6.33 Å². The van der Waals surface area contributed by atoms with E-state index in [1.54, 1.807) is 0 Å². The number of hydrogen-bond acceptors (Lipinski definition) is 3. The van der Waals surface area contributed by atoms with E-state index in [0.717, 1.165) is 17.0 Å². The van der Waals surface area contributed by atoms with Gasteiger partial charge in [0.15, 0.2) is 5.57 Å². The third-order valence-electron chi connectivity index (χ3n) is 1.54. The molecular weight excluding hydrogens is 162 g/mol. The molecule has 2 heterocycles. The first kappa shape index (κ1) is 6.53. The lowest BCUT2D eigenvalue weighted by Gasteiger charge is -1.88. The SMILES string of the molecule is CC1=[C+]Nc2ncnc(Cl)c21. The maximum absolute atomic E-state index is 5.81. The zero-order valence-corrected chi connectivity index (χ0v) is 6.61. The predicted molar refractivity (Wildman–Crippen MR) is 43.0 cm³/mol. The van der Waals surface area contributed by atoms with Gasteiger partial charge in [-0.1, -0.05) is 0 Å². The van der Waals surface area contributed by atoms with Crippen LogP contribution in [0.3, 0.4) is 0 Å². The molecule has 1 aliphatic heterocycles. The number of nitrogens with zero attached hydrogens (tertiary/aromatic N) is 2. The molecule has 11 heavy (non-hydrogen) atoms. The molecule has 0 spiro atoms. The third kappa shape index (κ3) is 0.862. The average Bonchev–Trinajstić information content (AvgIpc) is 2.34. The van der Waals surface area contributed by atoms with Crippen LogP contribution >= 0.6 is 11.6 Å². The van der Waals surface area contributed by atoms with Crippen molar-refractivity contribution in [2.24, 2.45) is 0 Å². The standard InChI is InChI=1S/C7H5ClN3/c1-4-2-9-7-5(4)6(8)10-3-11-7/h3H,1H3,(H,9,10,11)/q+1. The van der Waals surface area contributed by atoms with Gasteiger partial charge in [-0.15, -0.1) is 4.98 Å². The zero-order valence-electron chi connectivity index (χ0n) is 5.85. The van der Waals surface area contributed by atoms with Gasteiger partial charge in [0.1, 0.15) is 12.5 Å². The van der Waals surface area contributed by atoms with Crippen molar-refractivity contribution >= 4 is 23.0 Å². The van der Waals surface area contributed by atoms with Crippen LogP contribution in [-0.2, 0) is 0 Å². The summed E-state index contributed by atoms with van der Waals surface area (Å²) >= 11 is 5.81. The smallest absolute Gasteiger partial charge is 0.208 e. The molecule has 4 heteroatoms. The van der Waals surface area contributed by atoms with E-state index in [-0.39, 0.29) is 0 Å². The Bertz CT molecular complexity index is 332. The maximum Gasteiger partial charge on any atom is 0.298 e. The van der Waals surface area contributed by atoms with Gasteiger partial charge < -0.3 is 0 Å². The first-order chi connectivity index (χ1) is 5.29. The molecule has 1 aromatic rings. The molecule has 3 nitrogen and oxygen atoms in total. The van der Waals surface area contributed by atoms with Crippen LogP contribution in [0, 0.1) is 6.20 Å². The van der Waals surface area contributed by atoms with Crippen molar-refractivity contribution < 1.29 is 0 Å². The fourth-order valence-electron chi connectivity index (χ4n) is 1.01. The summed E-state index contributed by atoms with van der Waals surface area (Å²) in [4.78, 5) is 7.84. The number of aromatic nitrogens is 2. The molecule has 1 aromatic heterocycles. The molecular formula is C7H5ClN3+. The van der Waals surface area contributed by atoms with Gasteiger partial charge in [0.2, 0.25) is 10.7 Å². The number of fused-ring (bicyclic) bond motifs is 1. The van der Waals surface area contributed by atoms with Crippen LogP contribution in [-0.4, -0.2) is 9.97 Å². The summed E-state index contributed by atoms with van der Waals surface area (Å²) in [7, 11) is 0. The molecule has 0 aromatic carbocycles. The van der Waals surface area contributed by atoms with E-state index in [2.05, 4.69) is 21.5 Å². The molecule has 0 saturated carbocycles. The number of halogens is 1. The summed E-state index contributed by atoms with van der Waals surface area (Å²) in [5, 5.41) is 3.34. The number of allylic oxidation sites excluding steroid dienone is 1. The van der Waals surface area contributed by atoms with Crippen molar-refractivity contribution in [3.8, 4) is 0 Å². The fourth-order valence-corrected chi connectivity index (χ4v) is 1.28. The third-order valence-corrected chi connectivity index (χ3v) is 1.83. The zero-order chi connectivity index (χ0) is 7.84. The minimum atomic E-state index is 0.477. The van der Waals surface area contributed by atoms with Gasteiger partial charge in [-0.25, -0.2) is 4.98 Å². The van der Waals surface area contributed by atoms with Crippen LogP contribution in [0.5, 0.6) is 0 Å². The summed E-state index contributed by atoms with van der Waals surface area (Å²) in [6, 6.07) is 0. The Hall–Kier alpha value is -1.18. The predicted octanol–water partition coefficient (Wildman–Crippen LogP) is 1.72. The largest absolute Gasteiger partial charge is 0.298 e. The van der Waals surface area contributed by atoms with Gasteiger partial charge in [-0.05, 0) is 18.5 Å². The van der Waals surface area contributed by atoms with Crippen LogP contribution < -0.4 is 5.32 Å². The summed E-state index contributed by atoms with van der Waals surface area (Å²) in [6.07, 6.45) is 4.33. The highest BCUT2D eigenvalue weighted by atomic mass is 35.5. The second kappa shape index (κ2) is 2.16. The first-order valence-electron chi connectivity index (χ1n) is 3.15. The summed E-state index contributed by atoms with van der Waals surface area (Å²) in [5.74, 6) is 0.738. The van der Waals surface area contributed by atoms with E-state index in [1.165, 1.54) is 6.33 Å². The molecule has 0 fully saturated rings. The lowest BCUT2D eigenvalue weighted by atomic mass is 10.2. The number of hydrogen-bond donors (Lipinski definition) is 1. The normalized spacial score (nSPS) is 13.1. The summed E-state index contributed by atoms with van der Waals surface area (Å²) in [5.41, 5.74) is 1.81. The molecule has 2 rings (SSSR count). The lowest BCUT2D eigenvalue weighted by Crippen LogP contribution is -1.90. The van der Waals surface area contributed by atoms with Gasteiger partial charge in [0.25, 0.3) is 5.82 Å². The van der Waals surface area contributed by atoms with Crippen LogP contribution in [0.4, 0.5) is 5.82 Å². The highest BCUT2D eigenvalue weighted by molar-refractivity contribution is 6.31. The van der Waals surface area contributed by atoms with Crippen molar-refractivity contribution in [3.63, 3.8) is 0 Å². The van der Waals surface area contributed by atoms with Crippen molar-refractivity contribution in [3.05, 3.63) is 23.2 Å². The Morgan fingerprint density at radius 1 is 1.55 bits per heavy atom. The monoisotopic (exact) mass is 166 g/mol. The highest BCUT2D eigenvalue weighted by Gasteiger charge is 2.28. The average molecular weight is 167 g/mol. The molecule has 0 amide bonds. The van der Waals surface area contributed by atoms with Gasteiger partial charge in [0.05, 0.1) is 0 Å². The minimum absolute atomic E-state index is 0.477. The molecule has 1 N–H and O–H groups in total. The van der Waals surface area contributed by atoms with E-state index in [1.807, 2.05) is 6.92 Å². The molecule has 54 valence electrons. The Morgan fingerprint density at radius 3 is 3.09 bits per heavy atom. The highest BCUT2D eigenvalue weighted by Crippen LogP contribution is 2.31. The molecule has 0 bridgehead atoms. The number of rotatable bonds is 0. The van der Waals surface area contributed by atoms with Gasteiger partial charge in [-0.3, -0.25) is 0 Å². The Labute approximate surface area is 69.1 Å². The van der Waals surface area contributed by atoms with E-state index < -0.39 is 0 Å². The van der Waals surface area contributed by atoms with E-state index in [9.17, 15) is 0 Å². The summed E-state index contributed by atoms with van der Waals surface area (Å²) < 4.78 is 0. The van der Waals surface area contributed by atoms with Crippen molar-refractivity contribution in [2.75, 3.05) is 5.32 Å². The van der Waals surface area contributed by atoms with Crippen molar-refractivity contribution in [1.82, 2.24) is 9.97 Å². The second-order valence-electron chi connectivity index (χ2n) is 2.26. The van der Waals surface area contributed by atoms with Crippen LogP contribution in [0.2, 0.25) is 5.15 Å². The van der Waals surface area contributed by atoms with Crippen LogP contribution in [0.25, 0.3) is 5.57 Å². The van der Waals surface area contributed by atoms with E-state index in [4.69, 9.17) is 11.6 Å². The lowest BCUT2D eigenvalue weighted by molar-refractivity contribution is 1.16. The molecule has 0 unspecified atom stereocenters. The van der Waals surface area contributed by atoms with Crippen LogP contribution in [0.1, 0.15) is 12.5 Å². The maximum atomic E-state index is 5.81. The van der Waals surface area contributed by atoms with Crippen molar-refractivity contribution in [1.29, 1.82) is 0 Å². The topological polar surface area (TPSA) is 37.8 Å². The van der Waals surface area contributed by atoms with E-state index >= 15 is 0 Å². The quantitative estimate of drug-likeness (QED) is 0.471. The summed E-state index contributed by atoms with van der Waals surface area (Å²) in [6.45, 7) is 1.91. The van der Waals surface area contributed by atoms with Crippen molar-refractivity contribution in [2.45, 2.75) is 6.92 Å². The first-order valence-corrected chi connectivity index (χ1v) is 3.53. The molecule has 0 atom stereocenters. The van der Waals surface area contributed by atoms with Gasteiger partial charge >= 0.3 is 0 Å². The molecule has 1 aliphatic rings. The van der Waals surface area contributed by atoms with E-state index in [0.29, 0.717) is 5.15 Å². The van der Waals surface area contributed by atoms with Gasteiger partial charge in [-0.2, -0.15) is 5.32 Å². The number of anilines is 1. The molecule has 0 saturated heterocycles. The fraction of sp³-hybridized carbons (Fsp3) is 0.143. The molecule has 0 aliphatic carbocycles. The second-order valence-corrected chi connectivity index (χ2v) is 2.62.